The zero-order valence-corrected chi connectivity index (χ0v) is 9.30. The molecule has 0 bridgehead atoms. The third-order valence-corrected chi connectivity index (χ3v) is 2.28. The van der Waals surface area contributed by atoms with Crippen molar-refractivity contribution in [2.45, 2.75) is 6.92 Å². The standard InChI is InChI=1S/C10H10N4O3/c1-6(15)7-5-11-10(17)14(9(7)16)8-3-4-13(2)12-8/h3-5H,1-2H3,(H,11,17). The molecule has 0 aliphatic heterocycles. The van der Waals surface area contributed by atoms with Crippen LogP contribution >= 0.6 is 0 Å². The summed E-state index contributed by atoms with van der Waals surface area (Å²) in [5.74, 6) is -0.224. The van der Waals surface area contributed by atoms with Crippen molar-refractivity contribution in [2.24, 2.45) is 7.05 Å². The number of rotatable bonds is 2. The van der Waals surface area contributed by atoms with Gasteiger partial charge in [0.1, 0.15) is 0 Å². The third kappa shape index (κ3) is 1.82. The second-order valence-electron chi connectivity index (χ2n) is 3.55. The summed E-state index contributed by atoms with van der Waals surface area (Å²) in [5.41, 5.74) is -1.37. The number of ketones is 1. The number of H-pyrrole nitrogens is 1. The van der Waals surface area contributed by atoms with Crippen molar-refractivity contribution in [2.75, 3.05) is 0 Å². The van der Waals surface area contributed by atoms with Crippen LogP contribution in [0.15, 0.2) is 28.0 Å². The van der Waals surface area contributed by atoms with Gasteiger partial charge in [-0.2, -0.15) is 5.10 Å². The Bertz CT molecular complexity index is 692. The molecule has 2 heterocycles. The summed E-state index contributed by atoms with van der Waals surface area (Å²) in [7, 11) is 1.66. The van der Waals surface area contributed by atoms with Crippen LogP contribution in [0.1, 0.15) is 17.3 Å². The molecule has 88 valence electrons. The van der Waals surface area contributed by atoms with E-state index in [9.17, 15) is 14.4 Å². The summed E-state index contributed by atoms with van der Waals surface area (Å²) in [5, 5.41) is 3.95. The van der Waals surface area contributed by atoms with Crippen molar-refractivity contribution >= 4 is 5.78 Å². The molecule has 0 spiro atoms. The molecule has 0 amide bonds. The number of aromatic nitrogens is 4. The highest BCUT2D eigenvalue weighted by Gasteiger charge is 2.13. The average Bonchev–Trinajstić information content (AvgIpc) is 2.64. The predicted octanol–water partition coefficient (Wildman–Crippen LogP) is -0.538. The van der Waals surface area contributed by atoms with Gasteiger partial charge in [0.05, 0.1) is 5.56 Å². The molecule has 0 radical (unpaired) electrons. The number of carbonyl (C=O) groups excluding carboxylic acids is 1. The second kappa shape index (κ2) is 3.85. The zero-order chi connectivity index (χ0) is 12.6. The number of nitrogens with one attached hydrogen (secondary N) is 1. The van der Waals surface area contributed by atoms with E-state index in [-0.39, 0.29) is 11.4 Å². The van der Waals surface area contributed by atoms with Crippen LogP contribution in [0.25, 0.3) is 5.82 Å². The molecule has 0 saturated carbocycles. The van der Waals surface area contributed by atoms with E-state index in [1.807, 2.05) is 0 Å². The van der Waals surface area contributed by atoms with E-state index >= 15 is 0 Å². The van der Waals surface area contributed by atoms with Crippen molar-refractivity contribution < 1.29 is 4.79 Å². The van der Waals surface area contributed by atoms with Crippen LogP contribution in [0.2, 0.25) is 0 Å². The molecule has 1 N–H and O–H groups in total. The van der Waals surface area contributed by atoms with E-state index in [4.69, 9.17) is 0 Å². The summed E-state index contributed by atoms with van der Waals surface area (Å²) in [6.45, 7) is 1.26. The SMILES string of the molecule is CC(=O)c1c[nH]c(=O)n(-c2ccn(C)n2)c1=O. The Morgan fingerprint density at radius 3 is 2.65 bits per heavy atom. The Hall–Kier alpha value is -2.44. The van der Waals surface area contributed by atoms with Gasteiger partial charge in [0.15, 0.2) is 11.6 Å². The molecule has 7 heteroatoms. The van der Waals surface area contributed by atoms with Crippen LogP contribution in [0.3, 0.4) is 0 Å². The predicted molar refractivity (Wildman–Crippen MR) is 59.4 cm³/mol. The van der Waals surface area contributed by atoms with Crippen LogP contribution < -0.4 is 11.2 Å². The maximum absolute atomic E-state index is 11.9. The topological polar surface area (TPSA) is 89.8 Å². The number of carbonyl (C=O) groups is 1. The van der Waals surface area contributed by atoms with E-state index < -0.39 is 17.0 Å². The molecule has 0 fully saturated rings. The summed E-state index contributed by atoms with van der Waals surface area (Å²) < 4.78 is 2.29. The molecule has 0 saturated heterocycles. The highest BCUT2D eigenvalue weighted by molar-refractivity contribution is 5.93. The molecular weight excluding hydrogens is 224 g/mol. The van der Waals surface area contributed by atoms with Crippen LogP contribution in [0, 0.1) is 0 Å². The summed E-state index contributed by atoms with van der Waals surface area (Å²) in [4.78, 5) is 37.0. The number of Topliss-reactive ketones (excluding diaryl/α,β-unsaturated/α-hetero) is 1. The minimum atomic E-state index is -0.667. The normalized spacial score (nSPS) is 10.5. The smallest absolute Gasteiger partial charge is 0.313 e. The fourth-order valence-corrected chi connectivity index (χ4v) is 1.46. The molecule has 0 aliphatic carbocycles. The van der Waals surface area contributed by atoms with Gasteiger partial charge in [-0.25, -0.2) is 9.36 Å². The summed E-state index contributed by atoms with van der Waals surface area (Å²) in [6.07, 6.45) is 2.72. The number of hydrogen-bond acceptors (Lipinski definition) is 4. The largest absolute Gasteiger partial charge is 0.334 e. The summed E-state index contributed by atoms with van der Waals surface area (Å²) in [6, 6.07) is 1.51. The molecule has 7 nitrogen and oxygen atoms in total. The van der Waals surface area contributed by atoms with E-state index in [1.54, 1.807) is 13.2 Å². The molecule has 2 rings (SSSR count). The lowest BCUT2D eigenvalue weighted by Crippen LogP contribution is -2.36. The number of aromatic amines is 1. The molecule has 2 aromatic rings. The Morgan fingerprint density at radius 1 is 1.41 bits per heavy atom. The Morgan fingerprint density at radius 2 is 2.12 bits per heavy atom. The monoisotopic (exact) mass is 234 g/mol. The fourth-order valence-electron chi connectivity index (χ4n) is 1.46. The van der Waals surface area contributed by atoms with Gasteiger partial charge in [-0.15, -0.1) is 0 Å². The number of aryl methyl sites for hydroxylation is 1. The van der Waals surface area contributed by atoms with E-state index in [0.717, 1.165) is 10.8 Å². The first-order chi connectivity index (χ1) is 8.00. The molecule has 0 atom stereocenters. The molecule has 17 heavy (non-hydrogen) atoms. The van der Waals surface area contributed by atoms with Crippen LogP contribution in [-0.4, -0.2) is 25.1 Å². The van der Waals surface area contributed by atoms with Crippen LogP contribution in [0.4, 0.5) is 0 Å². The van der Waals surface area contributed by atoms with E-state index in [0.29, 0.717) is 0 Å². The first-order valence-corrected chi connectivity index (χ1v) is 4.86. The third-order valence-electron chi connectivity index (χ3n) is 2.28. The minimum absolute atomic E-state index is 0.0738. The van der Waals surface area contributed by atoms with Crippen molar-refractivity contribution in [3.05, 3.63) is 44.9 Å². The first-order valence-electron chi connectivity index (χ1n) is 4.86. The summed E-state index contributed by atoms with van der Waals surface area (Å²) >= 11 is 0. The van der Waals surface area contributed by atoms with E-state index in [1.165, 1.54) is 17.7 Å². The van der Waals surface area contributed by atoms with Crippen molar-refractivity contribution in [1.29, 1.82) is 0 Å². The van der Waals surface area contributed by atoms with Gasteiger partial charge in [-0.05, 0) is 6.92 Å². The molecule has 0 unspecified atom stereocenters. The van der Waals surface area contributed by atoms with Crippen LogP contribution in [0.5, 0.6) is 0 Å². The molecule has 2 aromatic heterocycles. The maximum Gasteiger partial charge on any atom is 0.334 e. The quantitative estimate of drug-likeness (QED) is 0.707. The zero-order valence-electron chi connectivity index (χ0n) is 9.30. The van der Waals surface area contributed by atoms with Gasteiger partial charge in [-0.1, -0.05) is 0 Å². The Kier molecular flexibility index (Phi) is 2.51. The van der Waals surface area contributed by atoms with Gasteiger partial charge in [0, 0.05) is 25.5 Å². The van der Waals surface area contributed by atoms with Gasteiger partial charge in [0.2, 0.25) is 0 Å². The van der Waals surface area contributed by atoms with Gasteiger partial charge in [-0.3, -0.25) is 14.3 Å². The van der Waals surface area contributed by atoms with Crippen molar-refractivity contribution in [3.63, 3.8) is 0 Å². The Balaban J connectivity index is 2.78. The number of hydrogen-bond donors (Lipinski definition) is 1. The van der Waals surface area contributed by atoms with Gasteiger partial charge in [0.25, 0.3) is 5.56 Å². The molecular formula is C10H10N4O3. The average molecular weight is 234 g/mol. The molecule has 0 aromatic carbocycles. The maximum atomic E-state index is 11.9. The lowest BCUT2D eigenvalue weighted by Gasteiger charge is -2.01. The fraction of sp³-hybridized carbons (Fsp3) is 0.200. The van der Waals surface area contributed by atoms with Crippen molar-refractivity contribution in [1.82, 2.24) is 19.3 Å². The lowest BCUT2D eigenvalue weighted by molar-refractivity contribution is 0.101. The van der Waals surface area contributed by atoms with Gasteiger partial charge >= 0.3 is 5.69 Å². The lowest BCUT2D eigenvalue weighted by atomic mass is 10.2. The van der Waals surface area contributed by atoms with E-state index in [2.05, 4.69) is 10.1 Å². The van der Waals surface area contributed by atoms with Gasteiger partial charge < -0.3 is 4.98 Å². The highest BCUT2D eigenvalue weighted by atomic mass is 16.2. The highest BCUT2D eigenvalue weighted by Crippen LogP contribution is 1.97. The minimum Gasteiger partial charge on any atom is -0.313 e. The Labute approximate surface area is 95.3 Å². The van der Waals surface area contributed by atoms with Crippen LogP contribution in [-0.2, 0) is 7.05 Å². The van der Waals surface area contributed by atoms with Crippen molar-refractivity contribution in [3.8, 4) is 5.82 Å². The number of nitrogens with zero attached hydrogens (tertiary/aromatic N) is 3. The molecule has 0 aliphatic rings. The second-order valence-corrected chi connectivity index (χ2v) is 3.55. The first kappa shape index (κ1) is 11.1.